The van der Waals surface area contributed by atoms with Crippen molar-refractivity contribution in [2.24, 2.45) is 0 Å². The molecule has 2 N–H and O–H groups in total. The number of anilines is 2. The van der Waals surface area contributed by atoms with Crippen molar-refractivity contribution in [1.29, 1.82) is 0 Å². The third-order valence-corrected chi connectivity index (χ3v) is 7.64. The van der Waals surface area contributed by atoms with Crippen molar-refractivity contribution in [2.75, 3.05) is 30.4 Å². The quantitative estimate of drug-likeness (QED) is 0.232. The molecule has 9 nitrogen and oxygen atoms in total. The summed E-state index contributed by atoms with van der Waals surface area (Å²) in [5.41, 5.74) is -0.203. The number of carbonyl (C=O) groups excluding carboxylic acids is 2. The lowest BCUT2D eigenvalue weighted by atomic mass is 10.1. The molecule has 2 aliphatic heterocycles. The number of nitrogens with zero attached hydrogens (tertiary/aromatic N) is 2. The average Bonchev–Trinajstić information content (AvgIpc) is 3.67. The van der Waals surface area contributed by atoms with Crippen molar-refractivity contribution in [3.63, 3.8) is 0 Å². The summed E-state index contributed by atoms with van der Waals surface area (Å²) in [6.45, 7) is 5.93. The van der Waals surface area contributed by atoms with Crippen LogP contribution in [-0.2, 0) is 23.6 Å². The fourth-order valence-electron chi connectivity index (χ4n) is 5.32. The number of amides is 2. The highest BCUT2D eigenvalue weighted by Crippen LogP contribution is 2.48. The van der Waals surface area contributed by atoms with E-state index < -0.39 is 47.1 Å². The summed E-state index contributed by atoms with van der Waals surface area (Å²) in [6, 6.07) is 10.6. The number of rotatable bonds is 9. The van der Waals surface area contributed by atoms with Crippen LogP contribution in [0.25, 0.3) is 0 Å². The molecule has 1 fully saturated rings. The summed E-state index contributed by atoms with van der Waals surface area (Å²) in [7, 11) is 0. The number of nitrogens with one attached hydrogen (secondary N) is 2. The van der Waals surface area contributed by atoms with Gasteiger partial charge in [0.05, 0.1) is 23.8 Å². The molecule has 0 saturated carbocycles. The number of ether oxygens (including phenoxy) is 3. The Morgan fingerprint density at radius 1 is 1.06 bits per heavy atom. The highest BCUT2D eigenvalue weighted by molar-refractivity contribution is 6.07. The van der Waals surface area contributed by atoms with Gasteiger partial charge in [-0.3, -0.25) is 4.79 Å². The molecule has 5 rings (SSSR count). The van der Waals surface area contributed by atoms with E-state index in [2.05, 4.69) is 15.6 Å². The molecule has 47 heavy (non-hydrogen) atoms. The van der Waals surface area contributed by atoms with Gasteiger partial charge < -0.3 is 29.7 Å². The highest BCUT2D eigenvalue weighted by Gasteiger charge is 2.60. The molecule has 1 atom stereocenters. The maximum atomic E-state index is 14.6. The number of alkyl halides is 5. The average molecular weight is 663 g/mol. The van der Waals surface area contributed by atoms with Gasteiger partial charge in [-0.2, -0.15) is 22.0 Å². The van der Waals surface area contributed by atoms with Crippen LogP contribution in [0.3, 0.4) is 0 Å². The first kappa shape index (κ1) is 33.7. The predicted octanol–water partition coefficient (Wildman–Crippen LogP) is 7.31. The van der Waals surface area contributed by atoms with Gasteiger partial charge >= 0.3 is 18.2 Å². The predicted molar refractivity (Wildman–Crippen MR) is 163 cm³/mol. The van der Waals surface area contributed by atoms with Crippen LogP contribution in [0.15, 0.2) is 54.7 Å². The van der Waals surface area contributed by atoms with Crippen molar-refractivity contribution < 1.29 is 45.8 Å². The first-order chi connectivity index (χ1) is 22.1. The second-order valence-electron chi connectivity index (χ2n) is 12.3. The molecule has 1 aromatic heterocycles. The Hall–Kier alpha value is -4.62. The number of pyridine rings is 1. The van der Waals surface area contributed by atoms with Crippen LogP contribution in [0.5, 0.6) is 11.5 Å². The molecule has 0 bridgehead atoms. The zero-order valence-corrected chi connectivity index (χ0v) is 26.0. The lowest BCUT2D eigenvalue weighted by Crippen LogP contribution is -2.42. The van der Waals surface area contributed by atoms with Crippen molar-refractivity contribution in [1.82, 2.24) is 9.88 Å². The van der Waals surface area contributed by atoms with Crippen LogP contribution in [-0.4, -0.2) is 59.5 Å². The van der Waals surface area contributed by atoms with Gasteiger partial charge in [-0.1, -0.05) is 12.1 Å². The fraction of sp³-hybridized carbons (Fsp3) is 0.424. The van der Waals surface area contributed by atoms with E-state index in [1.165, 1.54) is 23.2 Å². The molecule has 1 saturated heterocycles. The van der Waals surface area contributed by atoms with E-state index >= 15 is 0 Å². The minimum Gasteiger partial charge on any atom is -0.493 e. The Morgan fingerprint density at radius 3 is 2.60 bits per heavy atom. The van der Waals surface area contributed by atoms with Crippen molar-refractivity contribution in [3.8, 4) is 11.5 Å². The lowest BCUT2D eigenvalue weighted by Gasteiger charge is -2.29. The SMILES string of the molecule is CC(C)(C)OC(=O)N1CCCC1COc1cc(NC(=O)c2cccnc2NCc2ccc3c(c2)OCC3)ccc1C(F)(F)C(F)(F)F. The molecule has 2 aliphatic rings. The maximum absolute atomic E-state index is 14.6. The molecule has 0 spiro atoms. The summed E-state index contributed by atoms with van der Waals surface area (Å²) in [4.78, 5) is 31.6. The van der Waals surface area contributed by atoms with Crippen LogP contribution in [0.2, 0.25) is 0 Å². The molecule has 0 radical (unpaired) electrons. The van der Waals surface area contributed by atoms with E-state index in [1.807, 2.05) is 18.2 Å². The van der Waals surface area contributed by atoms with Crippen LogP contribution >= 0.6 is 0 Å². The van der Waals surface area contributed by atoms with Crippen LogP contribution in [0.4, 0.5) is 38.3 Å². The summed E-state index contributed by atoms with van der Waals surface area (Å²) < 4.78 is 86.1. The third-order valence-electron chi connectivity index (χ3n) is 7.64. The van der Waals surface area contributed by atoms with E-state index in [-0.39, 0.29) is 23.7 Å². The van der Waals surface area contributed by atoms with Gasteiger partial charge in [-0.05, 0) is 75.1 Å². The van der Waals surface area contributed by atoms with E-state index in [1.54, 1.807) is 20.8 Å². The third kappa shape index (κ3) is 7.86. The number of benzene rings is 2. The molecular formula is C33H35F5N4O5. The van der Waals surface area contributed by atoms with E-state index in [0.717, 1.165) is 35.4 Å². The van der Waals surface area contributed by atoms with Crippen molar-refractivity contribution in [3.05, 3.63) is 77.0 Å². The smallest absolute Gasteiger partial charge is 0.458 e. The van der Waals surface area contributed by atoms with Gasteiger partial charge in [0.2, 0.25) is 0 Å². The number of fused-ring (bicyclic) bond motifs is 1. The van der Waals surface area contributed by atoms with E-state index in [9.17, 15) is 31.5 Å². The van der Waals surface area contributed by atoms with Crippen molar-refractivity contribution >= 4 is 23.5 Å². The second kappa shape index (κ2) is 13.2. The number of likely N-dealkylation sites (tertiary alicyclic amines) is 1. The lowest BCUT2D eigenvalue weighted by molar-refractivity contribution is -0.289. The minimum absolute atomic E-state index is 0.0901. The Morgan fingerprint density at radius 2 is 1.85 bits per heavy atom. The first-order valence-corrected chi connectivity index (χ1v) is 15.1. The summed E-state index contributed by atoms with van der Waals surface area (Å²) in [6.07, 6.45) is -3.25. The Bertz CT molecular complexity index is 1630. The normalized spacial score (nSPS) is 16.3. The van der Waals surface area contributed by atoms with Gasteiger partial charge in [-0.25, -0.2) is 9.78 Å². The molecule has 2 amide bonds. The standard InChI is InChI=1S/C33H35F5N4O5/c1-31(2,3)47-30(44)42-14-5-6-23(42)19-46-27-17-22(10-11-25(27)32(34,35)33(36,37)38)41-29(43)24-7-4-13-39-28(24)40-18-20-8-9-21-12-15-45-26(21)16-20/h4,7-11,13,16-17,23H,5-6,12,14-15,18-19H2,1-3H3,(H,39,40)(H,41,43). The highest BCUT2D eigenvalue weighted by atomic mass is 19.4. The topological polar surface area (TPSA) is 102 Å². The van der Waals surface area contributed by atoms with E-state index in [0.29, 0.717) is 38.6 Å². The van der Waals surface area contributed by atoms with Gasteiger partial charge in [-0.15, -0.1) is 0 Å². The minimum atomic E-state index is -5.91. The molecule has 1 unspecified atom stereocenters. The number of halogens is 5. The molecule has 252 valence electrons. The van der Waals surface area contributed by atoms with Crippen molar-refractivity contribution in [2.45, 2.75) is 70.3 Å². The summed E-state index contributed by atoms with van der Waals surface area (Å²) >= 11 is 0. The second-order valence-corrected chi connectivity index (χ2v) is 12.3. The fourth-order valence-corrected chi connectivity index (χ4v) is 5.32. The van der Waals surface area contributed by atoms with Gasteiger partial charge in [0.15, 0.2) is 0 Å². The van der Waals surface area contributed by atoms with Crippen LogP contribution in [0, 0.1) is 0 Å². The van der Waals surface area contributed by atoms with Crippen LogP contribution < -0.4 is 20.1 Å². The maximum Gasteiger partial charge on any atom is 0.458 e. The molecule has 3 heterocycles. The largest absolute Gasteiger partial charge is 0.493 e. The molecule has 3 aromatic rings. The first-order valence-electron chi connectivity index (χ1n) is 15.1. The van der Waals surface area contributed by atoms with Gasteiger partial charge in [0.1, 0.15) is 29.5 Å². The number of aromatic nitrogens is 1. The monoisotopic (exact) mass is 662 g/mol. The Labute approximate surface area is 268 Å². The zero-order chi connectivity index (χ0) is 34.0. The Kier molecular flexibility index (Phi) is 9.51. The zero-order valence-electron chi connectivity index (χ0n) is 26.0. The number of carbonyl (C=O) groups is 2. The van der Waals surface area contributed by atoms with Gasteiger partial charge in [0.25, 0.3) is 5.91 Å². The molecular weight excluding hydrogens is 627 g/mol. The molecule has 0 aliphatic carbocycles. The summed E-state index contributed by atoms with van der Waals surface area (Å²) in [5, 5.41) is 5.64. The summed E-state index contributed by atoms with van der Waals surface area (Å²) in [5.74, 6) is -5.71. The Balaban J connectivity index is 1.34. The molecule has 14 heteroatoms. The number of hydrogen-bond acceptors (Lipinski definition) is 7. The van der Waals surface area contributed by atoms with Crippen LogP contribution in [0.1, 0.15) is 60.7 Å². The number of hydrogen-bond donors (Lipinski definition) is 2. The molecule has 2 aromatic carbocycles. The van der Waals surface area contributed by atoms with E-state index in [4.69, 9.17) is 14.2 Å². The van der Waals surface area contributed by atoms with Gasteiger partial charge in [0, 0.05) is 37.5 Å².